The first-order valence-corrected chi connectivity index (χ1v) is 9.20. The molecule has 25 heavy (non-hydrogen) atoms. The third-order valence-corrected chi connectivity index (χ3v) is 5.15. The number of nitrogens with zero attached hydrogens (tertiary/aromatic N) is 2. The molecule has 0 spiro atoms. The molecule has 3 rings (SSSR count). The Morgan fingerprint density at radius 1 is 1.08 bits per heavy atom. The van der Waals surface area contributed by atoms with Gasteiger partial charge in [-0.05, 0) is 31.2 Å². The second-order valence-electron chi connectivity index (χ2n) is 7.53. The van der Waals surface area contributed by atoms with Crippen molar-refractivity contribution < 1.29 is 14.4 Å². The van der Waals surface area contributed by atoms with Crippen LogP contribution in [0.4, 0.5) is 0 Å². The van der Waals surface area contributed by atoms with E-state index in [9.17, 15) is 14.4 Å². The molecule has 0 radical (unpaired) electrons. The summed E-state index contributed by atoms with van der Waals surface area (Å²) in [5, 5.41) is 0. The zero-order valence-corrected chi connectivity index (χ0v) is 15.4. The predicted octanol–water partition coefficient (Wildman–Crippen LogP) is 2.17. The van der Waals surface area contributed by atoms with Gasteiger partial charge in [0.05, 0.1) is 0 Å². The van der Waals surface area contributed by atoms with Gasteiger partial charge in [0.15, 0.2) is 5.78 Å². The molecule has 0 unspecified atom stereocenters. The number of ketones is 1. The number of carbonyl (C=O) groups excluding carboxylic acids is 3. The molecule has 2 amide bonds. The van der Waals surface area contributed by atoms with Crippen LogP contribution < -0.4 is 0 Å². The second-order valence-corrected chi connectivity index (χ2v) is 7.53. The van der Waals surface area contributed by atoms with E-state index in [2.05, 4.69) is 4.98 Å². The molecule has 2 heterocycles. The molecule has 1 aromatic heterocycles. The molecule has 1 aromatic rings. The summed E-state index contributed by atoms with van der Waals surface area (Å²) in [6, 6.07) is 0. The van der Waals surface area contributed by atoms with Crippen molar-refractivity contribution in [2.45, 2.75) is 46.5 Å². The summed E-state index contributed by atoms with van der Waals surface area (Å²) in [4.78, 5) is 44.0. The molecule has 1 aliphatic heterocycles. The molecule has 1 saturated heterocycles. The number of hydrogen-bond acceptors (Lipinski definition) is 3. The van der Waals surface area contributed by atoms with Crippen LogP contribution in [0.5, 0.6) is 0 Å². The van der Waals surface area contributed by atoms with Crippen molar-refractivity contribution >= 4 is 17.6 Å². The quantitative estimate of drug-likeness (QED) is 0.912. The van der Waals surface area contributed by atoms with Crippen molar-refractivity contribution in [1.82, 2.24) is 14.8 Å². The zero-order valence-electron chi connectivity index (χ0n) is 15.4. The van der Waals surface area contributed by atoms with Crippen molar-refractivity contribution in [2.24, 2.45) is 5.92 Å². The van der Waals surface area contributed by atoms with Gasteiger partial charge >= 0.3 is 0 Å². The monoisotopic (exact) mass is 345 g/mol. The van der Waals surface area contributed by atoms with Gasteiger partial charge in [-0.15, -0.1) is 0 Å². The number of aromatic amines is 1. The van der Waals surface area contributed by atoms with E-state index in [4.69, 9.17) is 0 Å². The first-order valence-electron chi connectivity index (χ1n) is 9.20. The minimum atomic E-state index is -0.0596. The summed E-state index contributed by atoms with van der Waals surface area (Å²) < 4.78 is 0. The van der Waals surface area contributed by atoms with Gasteiger partial charge in [0.25, 0.3) is 5.91 Å². The highest BCUT2D eigenvalue weighted by Crippen LogP contribution is 2.27. The Hall–Kier alpha value is -2.11. The molecule has 6 heteroatoms. The number of carbonyl (C=O) groups is 3. The van der Waals surface area contributed by atoms with Gasteiger partial charge < -0.3 is 14.8 Å². The minimum absolute atomic E-state index is 0.0596. The molecule has 0 atom stereocenters. The average molecular weight is 345 g/mol. The molecule has 2 aliphatic rings. The van der Waals surface area contributed by atoms with Crippen LogP contribution in [-0.2, 0) is 11.2 Å². The molecular formula is C19H27N3O3. The number of piperazine rings is 1. The summed E-state index contributed by atoms with van der Waals surface area (Å²) >= 11 is 0. The maximum atomic E-state index is 12.9. The fraction of sp³-hybridized carbons (Fsp3) is 0.632. The normalized spacial score (nSPS) is 17.8. The van der Waals surface area contributed by atoms with Gasteiger partial charge in [-0.2, -0.15) is 0 Å². The summed E-state index contributed by atoms with van der Waals surface area (Å²) in [5.41, 5.74) is 2.95. The lowest BCUT2D eigenvalue weighted by atomic mass is 9.93. The van der Waals surface area contributed by atoms with Gasteiger partial charge in [-0.3, -0.25) is 14.4 Å². The largest absolute Gasteiger partial charge is 0.354 e. The number of fused-ring (bicyclic) bond motifs is 1. The Bertz CT molecular complexity index is 697. The third kappa shape index (κ3) is 3.48. The van der Waals surface area contributed by atoms with E-state index >= 15 is 0 Å². The summed E-state index contributed by atoms with van der Waals surface area (Å²) in [7, 11) is 0. The lowest BCUT2D eigenvalue weighted by Crippen LogP contribution is -2.51. The van der Waals surface area contributed by atoms with Crippen LogP contribution in [0.25, 0.3) is 0 Å². The van der Waals surface area contributed by atoms with Crippen LogP contribution in [0.3, 0.4) is 0 Å². The first kappa shape index (κ1) is 17.7. The molecule has 6 nitrogen and oxygen atoms in total. The van der Waals surface area contributed by atoms with Gasteiger partial charge in [-0.25, -0.2) is 0 Å². The van der Waals surface area contributed by atoms with Crippen molar-refractivity contribution in [2.75, 3.05) is 26.2 Å². The number of H-pyrrole nitrogens is 1. The second kappa shape index (κ2) is 7.02. The predicted molar refractivity (Wildman–Crippen MR) is 94.7 cm³/mol. The van der Waals surface area contributed by atoms with Gasteiger partial charge in [0.2, 0.25) is 5.91 Å². The van der Waals surface area contributed by atoms with E-state index in [-0.39, 0.29) is 17.6 Å². The Balaban J connectivity index is 1.68. The average Bonchev–Trinajstić information content (AvgIpc) is 2.92. The molecule has 136 valence electrons. The smallest absolute Gasteiger partial charge is 0.270 e. The molecule has 0 saturated carbocycles. The summed E-state index contributed by atoms with van der Waals surface area (Å²) in [5.74, 6) is 0.589. The zero-order chi connectivity index (χ0) is 18.1. The van der Waals surface area contributed by atoms with Crippen molar-refractivity contribution in [1.29, 1.82) is 0 Å². The molecular weight excluding hydrogens is 318 g/mol. The minimum Gasteiger partial charge on any atom is -0.354 e. The van der Waals surface area contributed by atoms with Gasteiger partial charge in [0.1, 0.15) is 5.69 Å². The van der Waals surface area contributed by atoms with Crippen LogP contribution in [-0.4, -0.2) is 58.6 Å². The van der Waals surface area contributed by atoms with Crippen LogP contribution in [0.1, 0.15) is 65.2 Å². The van der Waals surface area contributed by atoms with Crippen LogP contribution >= 0.6 is 0 Å². The number of rotatable bonds is 3. The standard InChI is InChI=1S/C19H27N3O3/c1-12(2)11-16(24)21-7-9-22(10-8-21)19(25)18-13(3)17-14(20-18)5-4-6-15(17)23/h12,20H,4-11H2,1-3H3. The number of Topliss-reactive ketones (excluding diaryl/α,β-unsaturated/α-hetero) is 1. The molecule has 0 bridgehead atoms. The topological polar surface area (TPSA) is 73.5 Å². The van der Waals surface area contributed by atoms with Crippen molar-refractivity contribution in [3.8, 4) is 0 Å². The highest BCUT2D eigenvalue weighted by molar-refractivity contribution is 6.04. The number of aromatic nitrogens is 1. The lowest BCUT2D eigenvalue weighted by molar-refractivity contribution is -0.133. The Morgan fingerprint density at radius 2 is 1.72 bits per heavy atom. The van der Waals surface area contributed by atoms with Crippen molar-refractivity contribution in [3.63, 3.8) is 0 Å². The highest BCUT2D eigenvalue weighted by Gasteiger charge is 2.30. The number of amides is 2. The van der Waals surface area contributed by atoms with E-state index < -0.39 is 0 Å². The Labute approximate surface area is 148 Å². The molecule has 1 fully saturated rings. The summed E-state index contributed by atoms with van der Waals surface area (Å²) in [6.45, 7) is 8.17. The van der Waals surface area contributed by atoms with Gasteiger partial charge in [-0.1, -0.05) is 13.8 Å². The van der Waals surface area contributed by atoms with E-state index in [1.165, 1.54) is 0 Å². The fourth-order valence-corrected chi connectivity index (χ4v) is 3.78. The lowest BCUT2D eigenvalue weighted by Gasteiger charge is -2.35. The first-order chi connectivity index (χ1) is 11.9. The van der Waals surface area contributed by atoms with E-state index in [0.717, 1.165) is 29.7 Å². The third-order valence-electron chi connectivity index (χ3n) is 5.15. The number of aryl methyl sites for hydroxylation is 1. The van der Waals surface area contributed by atoms with Gasteiger partial charge in [0, 0.05) is 50.3 Å². The molecule has 1 N–H and O–H groups in total. The van der Waals surface area contributed by atoms with Crippen LogP contribution in [0.15, 0.2) is 0 Å². The van der Waals surface area contributed by atoms with Crippen molar-refractivity contribution in [3.05, 3.63) is 22.5 Å². The Kier molecular flexibility index (Phi) is 4.97. The maximum Gasteiger partial charge on any atom is 0.270 e. The molecule has 1 aliphatic carbocycles. The van der Waals surface area contributed by atoms with E-state index in [0.29, 0.717) is 50.6 Å². The fourth-order valence-electron chi connectivity index (χ4n) is 3.78. The van der Waals surface area contributed by atoms with E-state index in [1.807, 2.05) is 25.7 Å². The number of hydrogen-bond donors (Lipinski definition) is 1. The van der Waals surface area contributed by atoms with Crippen LogP contribution in [0.2, 0.25) is 0 Å². The Morgan fingerprint density at radius 3 is 2.32 bits per heavy atom. The number of nitrogens with one attached hydrogen (secondary N) is 1. The highest BCUT2D eigenvalue weighted by atomic mass is 16.2. The SMILES string of the molecule is Cc1c(C(=O)N2CCN(C(=O)CC(C)C)CC2)[nH]c2c1C(=O)CCC2. The maximum absolute atomic E-state index is 12.9. The van der Waals surface area contributed by atoms with Crippen LogP contribution in [0, 0.1) is 12.8 Å². The molecule has 0 aromatic carbocycles. The summed E-state index contributed by atoms with van der Waals surface area (Å²) in [6.07, 6.45) is 2.79. The van der Waals surface area contributed by atoms with E-state index in [1.54, 1.807) is 4.90 Å².